The first-order chi connectivity index (χ1) is 8.31. The van der Waals surface area contributed by atoms with E-state index in [1.54, 1.807) is 0 Å². The van der Waals surface area contributed by atoms with Gasteiger partial charge in [-0.2, -0.15) is 5.10 Å². The lowest BCUT2D eigenvalue weighted by Crippen LogP contribution is -2.16. The molecule has 0 atom stereocenters. The number of aromatic nitrogens is 2. The summed E-state index contributed by atoms with van der Waals surface area (Å²) in [5.74, 6) is 0. The molecule has 0 radical (unpaired) electrons. The Bertz CT molecular complexity index is 474. The molecule has 0 saturated carbocycles. The van der Waals surface area contributed by atoms with E-state index in [2.05, 4.69) is 59.3 Å². The summed E-state index contributed by atoms with van der Waals surface area (Å²) in [6, 6.07) is 10.5. The predicted molar refractivity (Wildman–Crippen MR) is 69.9 cm³/mol. The van der Waals surface area contributed by atoms with Gasteiger partial charge in [0.15, 0.2) is 0 Å². The molecule has 0 aliphatic carbocycles. The molecular formula is C14H19N3. The van der Waals surface area contributed by atoms with Crippen LogP contribution in [-0.4, -0.2) is 16.3 Å². The Kier molecular flexibility index (Phi) is 3.94. The van der Waals surface area contributed by atoms with E-state index in [-0.39, 0.29) is 0 Å². The standard InChI is InChI=1S/C14H19N3/c1-3-15-10-14-8-9-16-17(14)11-13-7-5-4-6-12(13)2/h4-9,15H,3,10-11H2,1-2H3. The summed E-state index contributed by atoms with van der Waals surface area (Å²) in [6.07, 6.45) is 1.87. The maximum Gasteiger partial charge on any atom is 0.0665 e. The second-order valence-electron chi connectivity index (χ2n) is 4.19. The van der Waals surface area contributed by atoms with E-state index in [1.165, 1.54) is 16.8 Å². The van der Waals surface area contributed by atoms with Crippen molar-refractivity contribution in [2.75, 3.05) is 6.54 Å². The fourth-order valence-electron chi connectivity index (χ4n) is 1.85. The summed E-state index contributed by atoms with van der Waals surface area (Å²) < 4.78 is 2.06. The monoisotopic (exact) mass is 229 g/mol. The van der Waals surface area contributed by atoms with Crippen molar-refractivity contribution in [1.82, 2.24) is 15.1 Å². The first-order valence-electron chi connectivity index (χ1n) is 6.07. The Morgan fingerprint density at radius 1 is 1.24 bits per heavy atom. The highest BCUT2D eigenvalue weighted by atomic mass is 15.3. The van der Waals surface area contributed by atoms with Gasteiger partial charge in [-0.05, 0) is 30.7 Å². The van der Waals surface area contributed by atoms with Gasteiger partial charge in [0.2, 0.25) is 0 Å². The second-order valence-corrected chi connectivity index (χ2v) is 4.19. The molecule has 0 saturated heterocycles. The van der Waals surface area contributed by atoms with Crippen molar-refractivity contribution in [2.24, 2.45) is 0 Å². The molecule has 0 unspecified atom stereocenters. The van der Waals surface area contributed by atoms with Crippen LogP contribution in [0.25, 0.3) is 0 Å². The van der Waals surface area contributed by atoms with E-state index in [4.69, 9.17) is 0 Å². The van der Waals surface area contributed by atoms with Gasteiger partial charge in [-0.15, -0.1) is 0 Å². The lowest BCUT2D eigenvalue weighted by molar-refractivity contribution is 0.604. The number of hydrogen-bond donors (Lipinski definition) is 1. The van der Waals surface area contributed by atoms with Gasteiger partial charge < -0.3 is 5.32 Å². The van der Waals surface area contributed by atoms with Gasteiger partial charge in [0.25, 0.3) is 0 Å². The smallest absolute Gasteiger partial charge is 0.0665 e. The van der Waals surface area contributed by atoms with Crippen molar-refractivity contribution in [3.63, 3.8) is 0 Å². The molecule has 90 valence electrons. The highest BCUT2D eigenvalue weighted by Crippen LogP contribution is 2.10. The number of benzene rings is 1. The third-order valence-electron chi connectivity index (χ3n) is 2.94. The average Bonchev–Trinajstić information content (AvgIpc) is 2.77. The summed E-state index contributed by atoms with van der Waals surface area (Å²) in [7, 11) is 0. The molecule has 3 heteroatoms. The Hall–Kier alpha value is -1.61. The van der Waals surface area contributed by atoms with Crippen LogP contribution in [0.15, 0.2) is 36.5 Å². The van der Waals surface area contributed by atoms with E-state index in [9.17, 15) is 0 Å². The van der Waals surface area contributed by atoms with Crippen LogP contribution in [-0.2, 0) is 13.1 Å². The molecule has 1 heterocycles. The Labute approximate surface area is 102 Å². The van der Waals surface area contributed by atoms with Gasteiger partial charge in [0, 0.05) is 12.7 Å². The minimum Gasteiger partial charge on any atom is -0.311 e. The van der Waals surface area contributed by atoms with Gasteiger partial charge in [-0.3, -0.25) is 4.68 Å². The fourth-order valence-corrected chi connectivity index (χ4v) is 1.85. The van der Waals surface area contributed by atoms with Gasteiger partial charge in [-0.25, -0.2) is 0 Å². The molecule has 0 amide bonds. The maximum atomic E-state index is 4.38. The lowest BCUT2D eigenvalue weighted by Gasteiger charge is -2.10. The van der Waals surface area contributed by atoms with Crippen LogP contribution in [0.5, 0.6) is 0 Å². The zero-order valence-corrected chi connectivity index (χ0v) is 10.5. The molecule has 0 aliphatic heterocycles. The minimum atomic E-state index is 0.848. The molecule has 0 aliphatic rings. The highest BCUT2D eigenvalue weighted by Gasteiger charge is 2.04. The molecular weight excluding hydrogens is 210 g/mol. The third-order valence-corrected chi connectivity index (χ3v) is 2.94. The summed E-state index contributed by atoms with van der Waals surface area (Å²) in [5.41, 5.74) is 3.88. The second kappa shape index (κ2) is 5.64. The first kappa shape index (κ1) is 11.9. The van der Waals surface area contributed by atoms with Gasteiger partial charge in [0.1, 0.15) is 0 Å². The molecule has 0 fully saturated rings. The molecule has 1 aromatic carbocycles. The first-order valence-corrected chi connectivity index (χ1v) is 6.07. The zero-order chi connectivity index (χ0) is 12.1. The summed E-state index contributed by atoms with van der Waals surface area (Å²) in [4.78, 5) is 0. The summed E-state index contributed by atoms with van der Waals surface area (Å²) in [5, 5.41) is 7.71. The van der Waals surface area contributed by atoms with Gasteiger partial charge in [0.05, 0.1) is 12.2 Å². The van der Waals surface area contributed by atoms with E-state index in [1.807, 2.05) is 6.20 Å². The molecule has 0 spiro atoms. The van der Waals surface area contributed by atoms with Crippen LogP contribution in [0, 0.1) is 6.92 Å². The van der Waals surface area contributed by atoms with Crippen LogP contribution in [0.2, 0.25) is 0 Å². The van der Waals surface area contributed by atoms with Crippen molar-refractivity contribution in [2.45, 2.75) is 26.9 Å². The molecule has 3 nitrogen and oxygen atoms in total. The van der Waals surface area contributed by atoms with E-state index < -0.39 is 0 Å². The van der Waals surface area contributed by atoms with Crippen LogP contribution >= 0.6 is 0 Å². The topological polar surface area (TPSA) is 29.9 Å². The number of rotatable bonds is 5. The molecule has 1 aromatic heterocycles. The highest BCUT2D eigenvalue weighted by molar-refractivity contribution is 5.26. The Morgan fingerprint density at radius 2 is 2.06 bits per heavy atom. The molecule has 0 bridgehead atoms. The minimum absolute atomic E-state index is 0.848. The normalized spacial score (nSPS) is 10.7. The molecule has 2 rings (SSSR count). The molecule has 1 N–H and O–H groups in total. The van der Waals surface area contributed by atoms with Crippen LogP contribution in [0.3, 0.4) is 0 Å². The quantitative estimate of drug-likeness (QED) is 0.853. The SMILES string of the molecule is CCNCc1ccnn1Cc1ccccc1C. The van der Waals surface area contributed by atoms with Crippen molar-refractivity contribution in [1.29, 1.82) is 0 Å². The Balaban J connectivity index is 2.13. The zero-order valence-electron chi connectivity index (χ0n) is 10.5. The summed E-state index contributed by atoms with van der Waals surface area (Å²) >= 11 is 0. The lowest BCUT2D eigenvalue weighted by atomic mass is 10.1. The average molecular weight is 229 g/mol. The van der Waals surface area contributed by atoms with Crippen molar-refractivity contribution in [3.8, 4) is 0 Å². The Morgan fingerprint density at radius 3 is 2.82 bits per heavy atom. The molecule has 2 aromatic rings. The largest absolute Gasteiger partial charge is 0.311 e. The van der Waals surface area contributed by atoms with Crippen molar-refractivity contribution in [3.05, 3.63) is 53.3 Å². The van der Waals surface area contributed by atoms with Crippen LogP contribution < -0.4 is 5.32 Å². The van der Waals surface area contributed by atoms with Crippen molar-refractivity contribution < 1.29 is 0 Å². The van der Waals surface area contributed by atoms with Gasteiger partial charge in [-0.1, -0.05) is 31.2 Å². The predicted octanol–water partition coefficient (Wildman–Crippen LogP) is 2.35. The summed E-state index contributed by atoms with van der Waals surface area (Å²) in [6.45, 7) is 6.96. The van der Waals surface area contributed by atoms with Gasteiger partial charge >= 0.3 is 0 Å². The number of aryl methyl sites for hydroxylation is 1. The van der Waals surface area contributed by atoms with E-state index >= 15 is 0 Å². The number of nitrogens with zero attached hydrogens (tertiary/aromatic N) is 2. The van der Waals surface area contributed by atoms with Crippen LogP contribution in [0.4, 0.5) is 0 Å². The maximum absolute atomic E-state index is 4.38. The number of nitrogens with one attached hydrogen (secondary N) is 1. The molecule has 17 heavy (non-hydrogen) atoms. The fraction of sp³-hybridized carbons (Fsp3) is 0.357. The van der Waals surface area contributed by atoms with Crippen molar-refractivity contribution >= 4 is 0 Å². The third kappa shape index (κ3) is 2.94. The van der Waals surface area contributed by atoms with Crippen LogP contribution in [0.1, 0.15) is 23.7 Å². The number of hydrogen-bond acceptors (Lipinski definition) is 2. The van der Waals surface area contributed by atoms with E-state index in [0.717, 1.165) is 19.6 Å². The van der Waals surface area contributed by atoms with E-state index in [0.29, 0.717) is 0 Å².